The van der Waals surface area contributed by atoms with Gasteiger partial charge in [0.1, 0.15) is 18.2 Å². The van der Waals surface area contributed by atoms with E-state index in [4.69, 9.17) is 26.4 Å². The number of alkyl carbamates (subject to hydrolysis) is 1. The van der Waals surface area contributed by atoms with Crippen LogP contribution in [0.4, 0.5) is 9.18 Å². The van der Waals surface area contributed by atoms with Crippen LogP contribution < -0.4 is 15.4 Å². The van der Waals surface area contributed by atoms with Gasteiger partial charge in [-0.25, -0.2) is 14.0 Å². The first-order chi connectivity index (χ1) is 16.4. The minimum Gasteiger partial charge on any atom is -0.497 e. The van der Waals surface area contributed by atoms with E-state index in [1.165, 1.54) is 19.2 Å². The molecule has 2 aromatic carbocycles. The lowest BCUT2D eigenvalue weighted by Crippen LogP contribution is -2.58. The van der Waals surface area contributed by atoms with E-state index in [1.807, 2.05) is 51.1 Å². The van der Waals surface area contributed by atoms with Gasteiger partial charge in [0.25, 0.3) is 0 Å². The van der Waals surface area contributed by atoms with Crippen LogP contribution in [-0.4, -0.2) is 30.4 Å². The fourth-order valence-electron chi connectivity index (χ4n) is 3.60. The molecule has 7 nitrogen and oxygen atoms in total. The zero-order valence-electron chi connectivity index (χ0n) is 20.9. The van der Waals surface area contributed by atoms with Crippen LogP contribution in [0.1, 0.15) is 52.2 Å². The van der Waals surface area contributed by atoms with Gasteiger partial charge in [0.15, 0.2) is 10.7 Å². The van der Waals surface area contributed by atoms with Crippen LogP contribution in [0.15, 0.2) is 48.5 Å². The van der Waals surface area contributed by atoms with E-state index in [2.05, 4.69) is 10.6 Å². The van der Waals surface area contributed by atoms with Crippen molar-refractivity contribution in [2.75, 3.05) is 7.11 Å². The molecule has 2 aromatic rings. The first-order valence-electron chi connectivity index (χ1n) is 11.2. The average molecular weight is 505 g/mol. The van der Waals surface area contributed by atoms with Crippen LogP contribution in [0.5, 0.6) is 5.75 Å². The number of esters is 1. The van der Waals surface area contributed by atoms with Crippen LogP contribution in [0.3, 0.4) is 0 Å². The fourth-order valence-corrected chi connectivity index (χ4v) is 3.85. The van der Waals surface area contributed by atoms with Crippen molar-refractivity contribution < 1.29 is 28.2 Å². The summed E-state index contributed by atoms with van der Waals surface area (Å²) in [5.74, 6) is -1.12. The van der Waals surface area contributed by atoms with Gasteiger partial charge in [0.05, 0.1) is 13.2 Å². The molecule has 9 heteroatoms. The van der Waals surface area contributed by atoms with Gasteiger partial charge < -0.3 is 19.5 Å². The number of ether oxygens (including phenoxy) is 3. The summed E-state index contributed by atoms with van der Waals surface area (Å²) in [5.41, 5.74) is -1.40. The van der Waals surface area contributed by atoms with E-state index in [0.29, 0.717) is 5.75 Å². The first-order valence-corrected chi connectivity index (χ1v) is 11.6. The fraction of sp³-hybridized carbons (Fsp3) is 0.423. The van der Waals surface area contributed by atoms with Gasteiger partial charge in [-0.05, 0) is 55.6 Å². The van der Waals surface area contributed by atoms with Crippen molar-refractivity contribution >= 4 is 29.4 Å². The number of thiocarbonyl (C=S) groups is 1. The molecule has 1 amide bonds. The summed E-state index contributed by atoms with van der Waals surface area (Å²) in [7, 11) is 1.42. The van der Waals surface area contributed by atoms with Crippen molar-refractivity contribution in [2.24, 2.45) is 5.41 Å². The SMILES string of the molecule is COc1ccc([C@@](CC(C)(C)C)(NC(=S)NC(=O)OCc2ccccc2)C(=O)OC(C)C)c(F)c1. The number of hydrogen-bond acceptors (Lipinski definition) is 6. The number of carbonyl (C=O) groups is 2. The average Bonchev–Trinajstić information content (AvgIpc) is 2.76. The Balaban J connectivity index is 2.38. The number of amides is 1. The molecule has 0 saturated heterocycles. The Bertz CT molecular complexity index is 1040. The van der Waals surface area contributed by atoms with Gasteiger partial charge in [-0.3, -0.25) is 5.32 Å². The van der Waals surface area contributed by atoms with Gasteiger partial charge in [0.2, 0.25) is 0 Å². The molecule has 2 N–H and O–H groups in total. The first kappa shape index (κ1) is 28.0. The van der Waals surface area contributed by atoms with E-state index in [0.717, 1.165) is 5.56 Å². The predicted octanol–water partition coefficient (Wildman–Crippen LogP) is 5.22. The maximum Gasteiger partial charge on any atom is 0.413 e. The predicted molar refractivity (Wildman–Crippen MR) is 135 cm³/mol. The largest absolute Gasteiger partial charge is 0.497 e. The highest BCUT2D eigenvalue weighted by Crippen LogP contribution is 2.38. The maximum atomic E-state index is 15.3. The lowest BCUT2D eigenvalue weighted by atomic mass is 9.75. The molecular formula is C26H33FN2O5S. The highest BCUT2D eigenvalue weighted by Gasteiger charge is 2.47. The summed E-state index contributed by atoms with van der Waals surface area (Å²) in [6, 6.07) is 13.3. The van der Waals surface area contributed by atoms with Crippen molar-refractivity contribution in [3.63, 3.8) is 0 Å². The zero-order valence-corrected chi connectivity index (χ0v) is 21.8. The van der Waals surface area contributed by atoms with Gasteiger partial charge in [-0.2, -0.15) is 0 Å². The molecule has 0 bridgehead atoms. The Morgan fingerprint density at radius 1 is 1.09 bits per heavy atom. The smallest absolute Gasteiger partial charge is 0.413 e. The molecule has 35 heavy (non-hydrogen) atoms. The summed E-state index contributed by atoms with van der Waals surface area (Å²) in [6.07, 6.45) is -1.18. The van der Waals surface area contributed by atoms with Crippen LogP contribution in [0.2, 0.25) is 0 Å². The number of benzene rings is 2. The second kappa shape index (κ2) is 12.0. The molecule has 0 radical (unpaired) electrons. The Morgan fingerprint density at radius 2 is 1.74 bits per heavy atom. The maximum absolute atomic E-state index is 15.3. The molecule has 0 aliphatic heterocycles. The Morgan fingerprint density at radius 3 is 2.29 bits per heavy atom. The monoisotopic (exact) mass is 504 g/mol. The third kappa shape index (κ3) is 8.20. The summed E-state index contributed by atoms with van der Waals surface area (Å²) < 4.78 is 31.2. The van der Waals surface area contributed by atoms with Crippen molar-refractivity contribution in [2.45, 2.75) is 59.3 Å². The van der Waals surface area contributed by atoms with Crippen LogP contribution in [0.25, 0.3) is 0 Å². The van der Waals surface area contributed by atoms with Crippen molar-refractivity contribution in [1.29, 1.82) is 0 Å². The topological polar surface area (TPSA) is 85.9 Å². The minimum atomic E-state index is -1.73. The second-order valence-electron chi connectivity index (χ2n) is 9.58. The molecule has 0 saturated carbocycles. The number of carbonyl (C=O) groups excluding carboxylic acids is 2. The van der Waals surface area contributed by atoms with E-state index in [1.54, 1.807) is 19.9 Å². The van der Waals surface area contributed by atoms with Gasteiger partial charge in [-0.1, -0.05) is 51.1 Å². The normalized spacial score (nSPS) is 12.9. The molecule has 190 valence electrons. The van der Waals surface area contributed by atoms with Crippen LogP contribution in [0, 0.1) is 11.2 Å². The third-order valence-corrected chi connectivity index (χ3v) is 5.08. The van der Waals surface area contributed by atoms with Crippen molar-refractivity contribution in [1.82, 2.24) is 10.6 Å². The molecule has 0 aliphatic carbocycles. The summed E-state index contributed by atoms with van der Waals surface area (Å²) in [6.45, 7) is 9.13. The summed E-state index contributed by atoms with van der Waals surface area (Å²) in [5, 5.41) is 5.09. The van der Waals surface area contributed by atoms with Gasteiger partial charge >= 0.3 is 12.1 Å². The molecular weight excluding hydrogens is 471 g/mol. The Hall–Kier alpha value is -3.20. The second-order valence-corrected chi connectivity index (χ2v) is 9.99. The van der Waals surface area contributed by atoms with Crippen molar-refractivity contribution in [3.8, 4) is 5.75 Å². The Labute approximate surface area is 211 Å². The molecule has 0 heterocycles. The van der Waals surface area contributed by atoms with Gasteiger partial charge in [0, 0.05) is 11.6 Å². The third-order valence-electron chi connectivity index (χ3n) is 4.88. The van der Waals surface area contributed by atoms with Crippen molar-refractivity contribution in [3.05, 3.63) is 65.5 Å². The number of halogens is 1. The highest BCUT2D eigenvalue weighted by atomic mass is 32.1. The quantitative estimate of drug-likeness (QED) is 0.377. The number of hydrogen-bond donors (Lipinski definition) is 2. The lowest BCUT2D eigenvalue weighted by Gasteiger charge is -2.39. The molecule has 0 fully saturated rings. The minimum absolute atomic E-state index is 0.0145. The lowest BCUT2D eigenvalue weighted by molar-refractivity contribution is -0.157. The zero-order chi connectivity index (χ0) is 26.2. The molecule has 1 atom stereocenters. The van der Waals surface area contributed by atoms with Crippen LogP contribution >= 0.6 is 12.2 Å². The summed E-state index contributed by atoms with van der Waals surface area (Å²) >= 11 is 5.35. The van der Waals surface area contributed by atoms with Crippen LogP contribution in [-0.2, 0) is 26.4 Å². The van der Waals surface area contributed by atoms with E-state index in [-0.39, 0.29) is 23.7 Å². The molecule has 0 spiro atoms. The number of methoxy groups -OCH3 is 1. The van der Waals surface area contributed by atoms with E-state index < -0.39 is 34.9 Å². The van der Waals surface area contributed by atoms with E-state index >= 15 is 4.39 Å². The molecule has 0 unspecified atom stereocenters. The standard InChI is InChI=1S/C26H33FN2O5S/c1-17(2)34-22(30)26(16-25(3,4)5,20-13-12-19(32-6)14-21(20)27)29-23(35)28-24(31)33-15-18-10-8-7-9-11-18/h7-14,17H,15-16H2,1-6H3,(H2,28,29,31,35)/t26-/m1/s1. The molecule has 0 aromatic heterocycles. The van der Waals surface area contributed by atoms with Gasteiger partial charge in [-0.15, -0.1) is 0 Å². The Kier molecular flexibility index (Phi) is 9.59. The van der Waals surface area contributed by atoms with E-state index in [9.17, 15) is 9.59 Å². The number of rotatable bonds is 8. The number of nitrogens with one attached hydrogen (secondary N) is 2. The highest BCUT2D eigenvalue weighted by molar-refractivity contribution is 7.80. The summed E-state index contributed by atoms with van der Waals surface area (Å²) in [4.78, 5) is 25.9. The molecule has 2 rings (SSSR count). The molecule has 0 aliphatic rings.